The number of hydrogen-bond acceptors (Lipinski definition) is 2. The molecule has 0 amide bonds. The van der Waals surface area contributed by atoms with Gasteiger partial charge in [0.2, 0.25) is 0 Å². The van der Waals surface area contributed by atoms with Gasteiger partial charge in [-0.05, 0) is 31.9 Å². The molecule has 0 N–H and O–H groups in total. The van der Waals surface area contributed by atoms with E-state index >= 15 is 0 Å². The van der Waals surface area contributed by atoms with Crippen molar-refractivity contribution in [2.24, 2.45) is 5.16 Å². The molecule has 0 aromatic rings. The van der Waals surface area contributed by atoms with Gasteiger partial charge in [0.25, 0.3) is 0 Å². The Morgan fingerprint density at radius 2 is 2.50 bits per heavy atom. The predicted molar refractivity (Wildman–Crippen MR) is 41.7 cm³/mol. The Morgan fingerprint density at radius 3 is 3.10 bits per heavy atom. The minimum absolute atomic E-state index is 0.851. The lowest BCUT2D eigenvalue weighted by atomic mass is 10.2. The molecule has 0 radical (unpaired) electrons. The number of hydrogen-bond donors (Lipinski definition) is 0. The zero-order valence-electron chi connectivity index (χ0n) is 6.08. The van der Waals surface area contributed by atoms with Gasteiger partial charge in [0, 0.05) is 6.21 Å². The molecule has 0 heterocycles. The maximum atomic E-state index is 4.98. The molecule has 10 heavy (non-hydrogen) atoms. The van der Waals surface area contributed by atoms with Crippen LogP contribution in [-0.4, -0.2) is 6.21 Å². The lowest BCUT2D eigenvalue weighted by Gasteiger charge is -2.01. The minimum Gasteiger partial charge on any atom is -0.358 e. The van der Waals surface area contributed by atoms with Gasteiger partial charge in [-0.3, -0.25) is 0 Å². The highest BCUT2D eigenvalue weighted by molar-refractivity contribution is 5.52. The molecule has 0 atom stereocenters. The number of nitrogens with zero attached hydrogens (tertiary/aromatic N) is 1. The van der Waals surface area contributed by atoms with E-state index < -0.39 is 0 Å². The quantitative estimate of drug-likeness (QED) is 0.422. The van der Waals surface area contributed by atoms with Crippen molar-refractivity contribution in [3.8, 4) is 0 Å². The van der Waals surface area contributed by atoms with Crippen molar-refractivity contribution in [1.29, 1.82) is 0 Å². The third kappa shape index (κ3) is 2.05. The summed E-state index contributed by atoms with van der Waals surface area (Å²) in [6.45, 7) is 1.83. The smallest absolute Gasteiger partial charge is 0.153 e. The van der Waals surface area contributed by atoms with Gasteiger partial charge < -0.3 is 4.84 Å². The molecular weight excluding hydrogens is 126 g/mol. The van der Waals surface area contributed by atoms with E-state index in [1.54, 1.807) is 6.21 Å². The summed E-state index contributed by atoms with van der Waals surface area (Å²) in [7, 11) is 0. The Morgan fingerprint density at radius 1 is 1.60 bits per heavy atom. The summed E-state index contributed by atoms with van der Waals surface area (Å²) in [6, 6.07) is 0. The number of allylic oxidation sites excluding steroid dienone is 3. The predicted octanol–water partition coefficient (Wildman–Crippen LogP) is 2.24. The van der Waals surface area contributed by atoms with Crippen LogP contribution >= 0.6 is 0 Å². The molecule has 0 bridgehead atoms. The zero-order valence-corrected chi connectivity index (χ0v) is 6.08. The van der Waals surface area contributed by atoms with Crippen LogP contribution in [0.25, 0.3) is 0 Å². The summed E-state index contributed by atoms with van der Waals surface area (Å²) >= 11 is 0. The molecular formula is C8H11NO. The molecule has 0 saturated heterocycles. The van der Waals surface area contributed by atoms with Crippen LogP contribution in [0.15, 0.2) is 29.1 Å². The van der Waals surface area contributed by atoms with E-state index in [2.05, 4.69) is 11.2 Å². The lowest BCUT2D eigenvalue weighted by Crippen LogP contribution is -1.85. The van der Waals surface area contributed by atoms with Crippen molar-refractivity contribution in [3.05, 3.63) is 24.0 Å². The molecule has 1 aliphatic carbocycles. The van der Waals surface area contributed by atoms with Crippen LogP contribution in [0.4, 0.5) is 0 Å². The maximum Gasteiger partial charge on any atom is 0.153 e. The molecule has 0 fully saturated rings. The molecule has 2 heteroatoms. The SMILES string of the molecule is C/C=N/OC1=CCCC=C1. The zero-order chi connectivity index (χ0) is 7.23. The van der Waals surface area contributed by atoms with E-state index in [1.165, 1.54) is 0 Å². The normalized spacial score (nSPS) is 17.5. The average molecular weight is 137 g/mol. The van der Waals surface area contributed by atoms with E-state index in [0.29, 0.717) is 0 Å². The summed E-state index contributed by atoms with van der Waals surface area (Å²) in [6.07, 6.45) is 9.86. The van der Waals surface area contributed by atoms with Crippen LogP contribution in [0.5, 0.6) is 0 Å². The molecule has 0 spiro atoms. The number of oxime groups is 1. The Hall–Kier alpha value is -1.05. The molecule has 0 saturated carbocycles. The summed E-state index contributed by atoms with van der Waals surface area (Å²) in [5, 5.41) is 3.65. The average Bonchev–Trinajstić information content (AvgIpc) is 2.03. The van der Waals surface area contributed by atoms with Crippen LogP contribution in [0.1, 0.15) is 19.8 Å². The van der Waals surface area contributed by atoms with Gasteiger partial charge in [-0.25, -0.2) is 0 Å². The fraction of sp³-hybridized carbons (Fsp3) is 0.375. The fourth-order valence-electron chi connectivity index (χ4n) is 0.771. The monoisotopic (exact) mass is 137 g/mol. The molecule has 1 rings (SSSR count). The minimum atomic E-state index is 0.851. The standard InChI is InChI=1S/C8H11NO/c1-2-9-10-8-6-4-3-5-7-8/h2,4,6-7H,3,5H2,1H3/b9-2+. The summed E-state index contributed by atoms with van der Waals surface area (Å²) in [4.78, 5) is 4.98. The van der Waals surface area contributed by atoms with E-state index in [0.717, 1.165) is 18.6 Å². The summed E-state index contributed by atoms with van der Waals surface area (Å²) in [5.74, 6) is 0.851. The highest BCUT2D eigenvalue weighted by atomic mass is 16.6. The fourth-order valence-corrected chi connectivity index (χ4v) is 0.771. The molecule has 2 nitrogen and oxygen atoms in total. The first-order chi connectivity index (χ1) is 4.93. The number of rotatable bonds is 2. The van der Waals surface area contributed by atoms with E-state index in [1.807, 2.05) is 19.1 Å². The van der Waals surface area contributed by atoms with Gasteiger partial charge >= 0.3 is 0 Å². The van der Waals surface area contributed by atoms with Crippen molar-refractivity contribution >= 4 is 6.21 Å². The largest absolute Gasteiger partial charge is 0.358 e. The second-order valence-corrected chi connectivity index (χ2v) is 2.04. The molecule has 0 aliphatic heterocycles. The summed E-state index contributed by atoms with van der Waals surface area (Å²) < 4.78 is 0. The van der Waals surface area contributed by atoms with Crippen molar-refractivity contribution in [3.63, 3.8) is 0 Å². The van der Waals surface area contributed by atoms with E-state index in [-0.39, 0.29) is 0 Å². The van der Waals surface area contributed by atoms with Crippen LogP contribution in [0, 0.1) is 0 Å². The van der Waals surface area contributed by atoms with Crippen LogP contribution in [-0.2, 0) is 4.84 Å². The van der Waals surface area contributed by atoms with Crippen molar-refractivity contribution in [2.45, 2.75) is 19.8 Å². The van der Waals surface area contributed by atoms with Gasteiger partial charge in [-0.1, -0.05) is 11.2 Å². The molecule has 1 aliphatic rings. The molecule has 54 valence electrons. The second-order valence-electron chi connectivity index (χ2n) is 2.04. The van der Waals surface area contributed by atoms with Gasteiger partial charge in [0.15, 0.2) is 5.76 Å². The van der Waals surface area contributed by atoms with Crippen molar-refractivity contribution < 1.29 is 4.84 Å². The topological polar surface area (TPSA) is 21.6 Å². The van der Waals surface area contributed by atoms with Gasteiger partial charge in [0.1, 0.15) is 0 Å². The van der Waals surface area contributed by atoms with Crippen LogP contribution in [0.2, 0.25) is 0 Å². The van der Waals surface area contributed by atoms with Gasteiger partial charge in [-0.15, -0.1) is 0 Å². The second kappa shape index (κ2) is 3.88. The highest BCUT2D eigenvalue weighted by Crippen LogP contribution is 2.10. The first-order valence-electron chi connectivity index (χ1n) is 3.45. The van der Waals surface area contributed by atoms with Gasteiger partial charge in [-0.2, -0.15) is 0 Å². The Bertz CT molecular complexity index is 180. The molecule has 0 aromatic heterocycles. The third-order valence-corrected chi connectivity index (χ3v) is 1.22. The van der Waals surface area contributed by atoms with E-state index in [4.69, 9.17) is 4.84 Å². The lowest BCUT2D eigenvalue weighted by molar-refractivity contribution is 0.240. The Balaban J connectivity index is 2.40. The van der Waals surface area contributed by atoms with Crippen LogP contribution < -0.4 is 0 Å². The maximum absolute atomic E-state index is 4.98. The summed E-state index contributed by atoms with van der Waals surface area (Å²) in [5.41, 5.74) is 0. The van der Waals surface area contributed by atoms with Crippen molar-refractivity contribution in [1.82, 2.24) is 0 Å². The van der Waals surface area contributed by atoms with E-state index in [9.17, 15) is 0 Å². The molecule has 0 aromatic carbocycles. The van der Waals surface area contributed by atoms with Gasteiger partial charge in [0.05, 0.1) is 0 Å². The first-order valence-corrected chi connectivity index (χ1v) is 3.45. The van der Waals surface area contributed by atoms with Crippen molar-refractivity contribution in [2.75, 3.05) is 0 Å². The highest BCUT2D eigenvalue weighted by Gasteiger charge is 1.95. The molecule has 0 unspecified atom stereocenters. The Labute approximate surface area is 60.9 Å². The van der Waals surface area contributed by atoms with Crippen LogP contribution in [0.3, 0.4) is 0 Å². The Kier molecular flexibility index (Phi) is 2.74. The first kappa shape index (κ1) is 7.06. The third-order valence-electron chi connectivity index (χ3n) is 1.22.